The van der Waals surface area contributed by atoms with Gasteiger partial charge in [0.05, 0.1) is 5.56 Å². The number of halogens is 1. The molecule has 20 heavy (non-hydrogen) atoms. The molecule has 1 aromatic carbocycles. The Morgan fingerprint density at radius 2 is 2.05 bits per heavy atom. The minimum absolute atomic E-state index is 0.0238. The summed E-state index contributed by atoms with van der Waals surface area (Å²) in [6, 6.07) is 3.35. The van der Waals surface area contributed by atoms with E-state index in [9.17, 15) is 14.0 Å². The minimum Gasteiger partial charge on any atom is -0.452 e. The number of benzene rings is 1. The number of rotatable bonds is 5. The molecule has 0 atom stereocenters. The summed E-state index contributed by atoms with van der Waals surface area (Å²) in [5, 5.41) is 2.73. The van der Waals surface area contributed by atoms with Gasteiger partial charge in [-0.2, -0.15) is 0 Å². The molecule has 0 aliphatic rings. The SMILES string of the molecule is CCC(C)(C)NC(=O)COC(=O)c1ccc(F)cc1N. The van der Waals surface area contributed by atoms with Gasteiger partial charge in [0, 0.05) is 11.2 Å². The molecule has 0 unspecified atom stereocenters. The van der Waals surface area contributed by atoms with Gasteiger partial charge >= 0.3 is 5.97 Å². The topological polar surface area (TPSA) is 81.4 Å². The second kappa shape index (κ2) is 6.36. The van der Waals surface area contributed by atoms with Crippen molar-refractivity contribution >= 4 is 17.6 Å². The van der Waals surface area contributed by atoms with E-state index in [0.29, 0.717) is 0 Å². The van der Waals surface area contributed by atoms with Crippen molar-refractivity contribution in [3.8, 4) is 0 Å². The summed E-state index contributed by atoms with van der Waals surface area (Å²) in [6.45, 7) is 5.26. The Hall–Kier alpha value is -2.11. The van der Waals surface area contributed by atoms with Crippen LogP contribution in [0.2, 0.25) is 0 Å². The lowest BCUT2D eigenvalue weighted by Crippen LogP contribution is -2.44. The summed E-state index contributed by atoms with van der Waals surface area (Å²) < 4.78 is 17.7. The van der Waals surface area contributed by atoms with E-state index in [0.717, 1.165) is 18.6 Å². The molecule has 0 heterocycles. The van der Waals surface area contributed by atoms with Crippen LogP contribution in [-0.2, 0) is 9.53 Å². The maximum absolute atomic E-state index is 12.9. The average molecular weight is 282 g/mol. The Kier molecular flexibility index (Phi) is 5.07. The Morgan fingerprint density at radius 3 is 2.60 bits per heavy atom. The molecule has 0 radical (unpaired) electrons. The molecular formula is C14H19FN2O3. The standard InChI is InChI=1S/C14H19FN2O3/c1-4-14(2,3)17-12(18)8-20-13(19)10-6-5-9(15)7-11(10)16/h5-7H,4,8,16H2,1-3H3,(H,17,18). The van der Waals surface area contributed by atoms with Crippen LogP contribution >= 0.6 is 0 Å². The van der Waals surface area contributed by atoms with Crippen LogP contribution in [0.3, 0.4) is 0 Å². The van der Waals surface area contributed by atoms with Crippen molar-refractivity contribution in [2.45, 2.75) is 32.7 Å². The number of carbonyl (C=O) groups excluding carboxylic acids is 2. The van der Waals surface area contributed by atoms with Gasteiger partial charge < -0.3 is 15.8 Å². The van der Waals surface area contributed by atoms with Crippen LogP contribution in [0, 0.1) is 5.82 Å². The average Bonchev–Trinajstić information content (AvgIpc) is 2.35. The maximum atomic E-state index is 12.9. The van der Waals surface area contributed by atoms with Gasteiger partial charge in [-0.25, -0.2) is 9.18 Å². The predicted octanol–water partition coefficient (Wildman–Crippen LogP) is 1.87. The molecule has 0 aliphatic heterocycles. The summed E-state index contributed by atoms with van der Waals surface area (Å²) >= 11 is 0. The first kappa shape index (κ1) is 15.9. The van der Waals surface area contributed by atoms with Crippen LogP contribution in [0.5, 0.6) is 0 Å². The van der Waals surface area contributed by atoms with E-state index in [1.165, 1.54) is 6.07 Å². The van der Waals surface area contributed by atoms with Crippen LogP contribution < -0.4 is 11.1 Å². The number of nitrogens with two attached hydrogens (primary N) is 1. The zero-order valence-corrected chi connectivity index (χ0v) is 11.8. The van der Waals surface area contributed by atoms with Crippen LogP contribution in [0.15, 0.2) is 18.2 Å². The summed E-state index contributed by atoms with van der Waals surface area (Å²) in [5.74, 6) is -1.70. The first-order chi connectivity index (χ1) is 9.25. The Labute approximate surface area is 117 Å². The number of hydrogen-bond acceptors (Lipinski definition) is 4. The third-order valence-electron chi connectivity index (χ3n) is 2.93. The highest BCUT2D eigenvalue weighted by Gasteiger charge is 2.19. The van der Waals surface area contributed by atoms with Crippen molar-refractivity contribution in [1.82, 2.24) is 5.32 Å². The first-order valence-electron chi connectivity index (χ1n) is 6.28. The van der Waals surface area contributed by atoms with Gasteiger partial charge in [-0.1, -0.05) is 6.92 Å². The summed E-state index contributed by atoms with van der Waals surface area (Å²) in [5.41, 5.74) is 5.16. The van der Waals surface area contributed by atoms with Gasteiger partial charge in [-0.15, -0.1) is 0 Å². The van der Waals surface area contributed by atoms with Crippen molar-refractivity contribution in [3.05, 3.63) is 29.6 Å². The van der Waals surface area contributed by atoms with Crippen LogP contribution in [0.1, 0.15) is 37.6 Å². The van der Waals surface area contributed by atoms with E-state index in [-0.39, 0.29) is 16.8 Å². The highest BCUT2D eigenvalue weighted by molar-refractivity contribution is 5.96. The number of nitrogen functional groups attached to an aromatic ring is 1. The fourth-order valence-corrected chi connectivity index (χ4v) is 1.43. The fraction of sp³-hybridized carbons (Fsp3) is 0.429. The highest BCUT2D eigenvalue weighted by atomic mass is 19.1. The molecule has 3 N–H and O–H groups in total. The molecule has 1 aromatic rings. The maximum Gasteiger partial charge on any atom is 0.340 e. The molecule has 1 rings (SSSR count). The second-order valence-corrected chi connectivity index (χ2v) is 5.09. The molecule has 0 saturated heterocycles. The minimum atomic E-state index is -0.757. The molecule has 110 valence electrons. The third kappa shape index (κ3) is 4.53. The predicted molar refractivity (Wildman–Crippen MR) is 73.6 cm³/mol. The van der Waals surface area contributed by atoms with Crippen molar-refractivity contribution < 1.29 is 18.7 Å². The normalized spacial score (nSPS) is 11.0. The van der Waals surface area contributed by atoms with Crippen molar-refractivity contribution in [2.24, 2.45) is 0 Å². The number of nitrogens with one attached hydrogen (secondary N) is 1. The Balaban J connectivity index is 2.57. The van der Waals surface area contributed by atoms with E-state index < -0.39 is 24.3 Å². The molecule has 0 bridgehead atoms. The van der Waals surface area contributed by atoms with E-state index in [1.54, 1.807) is 0 Å². The van der Waals surface area contributed by atoms with Gasteiger partial charge in [0.15, 0.2) is 6.61 Å². The summed E-state index contributed by atoms with van der Waals surface area (Å²) in [7, 11) is 0. The highest BCUT2D eigenvalue weighted by Crippen LogP contribution is 2.14. The van der Waals surface area contributed by atoms with Crippen LogP contribution in [0.25, 0.3) is 0 Å². The zero-order chi connectivity index (χ0) is 15.3. The first-order valence-corrected chi connectivity index (χ1v) is 6.28. The molecule has 0 fully saturated rings. The van der Waals surface area contributed by atoms with E-state index in [4.69, 9.17) is 10.5 Å². The van der Waals surface area contributed by atoms with Crippen LogP contribution in [0.4, 0.5) is 10.1 Å². The van der Waals surface area contributed by atoms with Crippen LogP contribution in [-0.4, -0.2) is 24.0 Å². The largest absolute Gasteiger partial charge is 0.452 e. The lowest BCUT2D eigenvalue weighted by atomic mass is 10.0. The van der Waals surface area contributed by atoms with Gasteiger partial charge in [0.25, 0.3) is 5.91 Å². The number of ether oxygens (including phenoxy) is 1. The number of anilines is 1. The molecule has 1 amide bonds. The monoisotopic (exact) mass is 282 g/mol. The van der Waals surface area contributed by atoms with Gasteiger partial charge in [-0.05, 0) is 38.5 Å². The third-order valence-corrected chi connectivity index (χ3v) is 2.93. The molecular weight excluding hydrogens is 263 g/mol. The summed E-state index contributed by atoms with van der Waals surface area (Å²) in [6.07, 6.45) is 0.748. The lowest BCUT2D eigenvalue weighted by Gasteiger charge is -2.24. The van der Waals surface area contributed by atoms with Gasteiger partial charge in [0.1, 0.15) is 5.82 Å². The number of carbonyl (C=O) groups is 2. The van der Waals surface area contributed by atoms with Gasteiger partial charge in [0.2, 0.25) is 0 Å². The molecule has 0 spiro atoms. The molecule has 6 heteroatoms. The van der Waals surface area contributed by atoms with Crippen molar-refractivity contribution in [2.75, 3.05) is 12.3 Å². The quantitative estimate of drug-likeness (QED) is 0.638. The number of hydrogen-bond donors (Lipinski definition) is 2. The van der Waals surface area contributed by atoms with E-state index in [2.05, 4.69) is 5.32 Å². The van der Waals surface area contributed by atoms with Crippen molar-refractivity contribution in [1.29, 1.82) is 0 Å². The Bertz CT molecular complexity index is 515. The van der Waals surface area contributed by atoms with Crippen molar-refractivity contribution in [3.63, 3.8) is 0 Å². The molecule has 0 aromatic heterocycles. The second-order valence-electron chi connectivity index (χ2n) is 5.09. The molecule has 5 nitrogen and oxygen atoms in total. The molecule has 0 aliphatic carbocycles. The lowest BCUT2D eigenvalue weighted by molar-refractivity contribution is -0.125. The Morgan fingerprint density at radius 1 is 1.40 bits per heavy atom. The number of amides is 1. The fourth-order valence-electron chi connectivity index (χ4n) is 1.43. The zero-order valence-electron chi connectivity index (χ0n) is 11.8. The van der Waals surface area contributed by atoms with E-state index in [1.807, 2.05) is 20.8 Å². The summed E-state index contributed by atoms with van der Waals surface area (Å²) in [4.78, 5) is 23.3. The molecule has 0 saturated carbocycles. The van der Waals surface area contributed by atoms with E-state index >= 15 is 0 Å². The van der Waals surface area contributed by atoms with Gasteiger partial charge in [-0.3, -0.25) is 4.79 Å². The smallest absolute Gasteiger partial charge is 0.340 e. The number of esters is 1.